The van der Waals surface area contributed by atoms with Gasteiger partial charge in [-0.2, -0.15) is 13.2 Å². The van der Waals surface area contributed by atoms with Gasteiger partial charge in [0.15, 0.2) is 0 Å². The van der Waals surface area contributed by atoms with Crippen molar-refractivity contribution in [3.63, 3.8) is 0 Å². The van der Waals surface area contributed by atoms with Gasteiger partial charge >= 0.3 is 6.18 Å². The molecule has 0 amide bonds. The van der Waals surface area contributed by atoms with E-state index >= 15 is 0 Å². The lowest BCUT2D eigenvalue weighted by atomic mass is 9.96. The Kier molecular flexibility index (Phi) is 6.36. The lowest BCUT2D eigenvalue weighted by Gasteiger charge is -2.22. The standard InChI is InChI=1S/C18H20ClF3NOP/c1-17(23,11-25)8-7-12-5-6-15(10-16(12)19)24-14-4-2-3-13(9-14)18(20,21)22/h2-6,9-10H,7-8,11,23,25H2,1H3/t17-/m1/s1. The van der Waals surface area contributed by atoms with Crippen LogP contribution < -0.4 is 10.5 Å². The van der Waals surface area contributed by atoms with Gasteiger partial charge in [0.2, 0.25) is 0 Å². The molecule has 0 fully saturated rings. The molecule has 136 valence electrons. The minimum absolute atomic E-state index is 0.108. The molecule has 0 saturated carbocycles. The zero-order valence-corrected chi connectivity index (χ0v) is 15.6. The number of ether oxygens (including phenoxy) is 1. The fraction of sp³-hybridized carbons (Fsp3) is 0.333. The number of aryl methyl sites for hydroxylation is 1. The second-order valence-electron chi connectivity index (χ2n) is 6.24. The third-order valence-electron chi connectivity index (χ3n) is 3.85. The van der Waals surface area contributed by atoms with Crippen LogP contribution in [0, 0.1) is 0 Å². The predicted octanol–water partition coefficient (Wildman–Crippen LogP) is 5.68. The summed E-state index contributed by atoms with van der Waals surface area (Å²) < 4.78 is 43.7. The van der Waals surface area contributed by atoms with Crippen molar-refractivity contribution in [1.82, 2.24) is 0 Å². The molecule has 0 aliphatic rings. The van der Waals surface area contributed by atoms with Gasteiger partial charge in [0.25, 0.3) is 0 Å². The van der Waals surface area contributed by atoms with Crippen LogP contribution in [-0.4, -0.2) is 11.7 Å². The molecule has 0 aliphatic carbocycles. The van der Waals surface area contributed by atoms with Crippen molar-refractivity contribution in [3.8, 4) is 11.5 Å². The number of halogens is 4. The summed E-state index contributed by atoms with van der Waals surface area (Å²) in [7, 11) is 2.63. The first kappa shape index (κ1) is 20.0. The molecule has 0 bridgehead atoms. The number of hydrogen-bond acceptors (Lipinski definition) is 2. The molecule has 2 aromatic carbocycles. The van der Waals surface area contributed by atoms with Gasteiger partial charge in [-0.05, 0) is 61.8 Å². The first-order valence-corrected chi connectivity index (χ1v) is 8.93. The van der Waals surface area contributed by atoms with Crippen LogP contribution in [0.5, 0.6) is 11.5 Å². The number of rotatable bonds is 6. The summed E-state index contributed by atoms with van der Waals surface area (Å²) >= 11 is 6.27. The zero-order valence-electron chi connectivity index (χ0n) is 13.7. The second kappa shape index (κ2) is 7.94. The Bertz CT molecular complexity index is 735. The van der Waals surface area contributed by atoms with Gasteiger partial charge < -0.3 is 10.5 Å². The molecule has 0 heterocycles. The van der Waals surface area contributed by atoms with Gasteiger partial charge in [0, 0.05) is 10.6 Å². The Morgan fingerprint density at radius 3 is 2.40 bits per heavy atom. The van der Waals surface area contributed by atoms with E-state index in [2.05, 4.69) is 9.24 Å². The molecule has 7 heteroatoms. The molecule has 2 aromatic rings. The van der Waals surface area contributed by atoms with Crippen LogP contribution in [0.2, 0.25) is 5.02 Å². The summed E-state index contributed by atoms with van der Waals surface area (Å²) in [6.45, 7) is 1.97. The molecule has 0 radical (unpaired) electrons. The molecule has 2 nitrogen and oxygen atoms in total. The Balaban J connectivity index is 2.11. The average Bonchev–Trinajstić information content (AvgIpc) is 2.53. The molecule has 1 unspecified atom stereocenters. The maximum atomic E-state index is 12.7. The molecular formula is C18H20ClF3NOP. The van der Waals surface area contributed by atoms with Crippen LogP contribution in [0.4, 0.5) is 13.2 Å². The summed E-state index contributed by atoms with van der Waals surface area (Å²) in [4.78, 5) is 0. The fourth-order valence-electron chi connectivity index (χ4n) is 2.19. The van der Waals surface area contributed by atoms with Crippen LogP contribution in [0.1, 0.15) is 24.5 Å². The van der Waals surface area contributed by atoms with Gasteiger partial charge in [-0.3, -0.25) is 0 Å². The van der Waals surface area contributed by atoms with Gasteiger partial charge in [-0.25, -0.2) is 0 Å². The highest BCUT2D eigenvalue weighted by Gasteiger charge is 2.30. The highest BCUT2D eigenvalue weighted by molar-refractivity contribution is 7.16. The maximum Gasteiger partial charge on any atom is 0.416 e. The van der Waals surface area contributed by atoms with Crippen LogP contribution in [-0.2, 0) is 12.6 Å². The van der Waals surface area contributed by atoms with E-state index in [9.17, 15) is 13.2 Å². The van der Waals surface area contributed by atoms with Crippen LogP contribution >= 0.6 is 20.8 Å². The van der Waals surface area contributed by atoms with Crippen molar-refractivity contribution >= 4 is 20.8 Å². The van der Waals surface area contributed by atoms with Crippen molar-refractivity contribution in [1.29, 1.82) is 0 Å². The normalized spacial score (nSPS) is 14.2. The van der Waals surface area contributed by atoms with E-state index in [0.717, 1.165) is 30.3 Å². The Labute approximate surface area is 152 Å². The van der Waals surface area contributed by atoms with Crippen molar-refractivity contribution in [2.24, 2.45) is 5.73 Å². The molecule has 25 heavy (non-hydrogen) atoms. The summed E-state index contributed by atoms with van der Waals surface area (Å²) in [5, 5.41) is 0.504. The smallest absolute Gasteiger partial charge is 0.416 e. The lowest BCUT2D eigenvalue weighted by Crippen LogP contribution is -2.38. The Morgan fingerprint density at radius 2 is 1.80 bits per heavy atom. The fourth-order valence-corrected chi connectivity index (χ4v) is 2.66. The molecule has 0 aliphatic heterocycles. The molecule has 2 N–H and O–H groups in total. The lowest BCUT2D eigenvalue weighted by molar-refractivity contribution is -0.137. The van der Waals surface area contributed by atoms with Crippen LogP contribution in [0.25, 0.3) is 0 Å². The van der Waals surface area contributed by atoms with Crippen molar-refractivity contribution in [2.45, 2.75) is 31.5 Å². The summed E-state index contributed by atoms with van der Waals surface area (Å²) in [5.41, 5.74) is 5.99. The van der Waals surface area contributed by atoms with E-state index in [0.29, 0.717) is 17.2 Å². The maximum absolute atomic E-state index is 12.7. The second-order valence-corrected chi connectivity index (χ2v) is 7.05. The van der Waals surface area contributed by atoms with Gasteiger partial charge in [-0.1, -0.05) is 23.7 Å². The van der Waals surface area contributed by atoms with E-state index in [1.807, 2.05) is 13.0 Å². The third kappa shape index (κ3) is 5.88. The number of alkyl halides is 3. The first-order valence-electron chi connectivity index (χ1n) is 7.73. The van der Waals surface area contributed by atoms with Crippen molar-refractivity contribution < 1.29 is 17.9 Å². The minimum atomic E-state index is -4.41. The molecule has 0 saturated heterocycles. The number of hydrogen-bond donors (Lipinski definition) is 1. The van der Waals surface area contributed by atoms with Crippen LogP contribution in [0.15, 0.2) is 42.5 Å². The largest absolute Gasteiger partial charge is 0.457 e. The van der Waals surface area contributed by atoms with Crippen molar-refractivity contribution in [3.05, 3.63) is 58.6 Å². The molecule has 0 spiro atoms. The van der Waals surface area contributed by atoms with E-state index < -0.39 is 11.7 Å². The molecule has 0 aromatic heterocycles. The minimum Gasteiger partial charge on any atom is -0.457 e. The van der Waals surface area contributed by atoms with E-state index in [-0.39, 0.29) is 11.3 Å². The first-order chi connectivity index (χ1) is 11.6. The van der Waals surface area contributed by atoms with E-state index in [4.69, 9.17) is 22.1 Å². The zero-order chi connectivity index (χ0) is 18.7. The number of nitrogens with two attached hydrogens (primary N) is 1. The van der Waals surface area contributed by atoms with Crippen LogP contribution in [0.3, 0.4) is 0 Å². The molecule has 2 rings (SSSR count). The highest BCUT2D eigenvalue weighted by Crippen LogP contribution is 2.33. The van der Waals surface area contributed by atoms with Gasteiger partial charge in [-0.15, -0.1) is 9.24 Å². The summed E-state index contributed by atoms with van der Waals surface area (Å²) in [6, 6.07) is 9.83. The van der Waals surface area contributed by atoms with E-state index in [1.54, 1.807) is 12.1 Å². The predicted molar refractivity (Wildman–Crippen MR) is 98.5 cm³/mol. The van der Waals surface area contributed by atoms with Gasteiger partial charge in [0.1, 0.15) is 11.5 Å². The molecule has 2 atom stereocenters. The summed E-state index contributed by atoms with van der Waals surface area (Å²) in [5.74, 6) is 0.491. The topological polar surface area (TPSA) is 35.2 Å². The highest BCUT2D eigenvalue weighted by atomic mass is 35.5. The SMILES string of the molecule is C[C@](N)(CP)CCc1ccc(Oc2cccc(C(F)(F)F)c2)cc1Cl. The monoisotopic (exact) mass is 389 g/mol. The van der Waals surface area contributed by atoms with E-state index in [1.165, 1.54) is 12.1 Å². The average molecular weight is 390 g/mol. The Hall–Kier alpha value is -1.29. The number of benzene rings is 2. The Morgan fingerprint density at radius 1 is 1.12 bits per heavy atom. The summed E-state index contributed by atoms with van der Waals surface area (Å²) in [6.07, 6.45) is -2.15. The molecular weight excluding hydrogens is 370 g/mol. The quantitative estimate of drug-likeness (QED) is 0.645. The third-order valence-corrected chi connectivity index (χ3v) is 5.14. The van der Waals surface area contributed by atoms with Gasteiger partial charge in [0.05, 0.1) is 5.56 Å². The van der Waals surface area contributed by atoms with Crippen molar-refractivity contribution in [2.75, 3.05) is 6.16 Å².